The molecule has 54 heavy (non-hydrogen) atoms. The van der Waals surface area contributed by atoms with E-state index in [0.29, 0.717) is 32.6 Å². The van der Waals surface area contributed by atoms with Gasteiger partial charge in [-0.25, -0.2) is 26.5 Å². The number of hydrogen-bond donors (Lipinski definition) is 4. The summed E-state index contributed by atoms with van der Waals surface area (Å²) in [4.78, 5) is 37.0. The summed E-state index contributed by atoms with van der Waals surface area (Å²) < 4.78 is 75.5. The second-order valence-electron chi connectivity index (χ2n) is 15.1. The predicted molar refractivity (Wildman–Crippen MR) is 200 cm³/mol. The zero-order valence-corrected chi connectivity index (χ0v) is 33.8. The lowest BCUT2D eigenvalue weighted by molar-refractivity contribution is -0.159. The first kappa shape index (κ1) is 41.9. The molecule has 6 atom stereocenters. The molecule has 3 aliphatic rings. The van der Waals surface area contributed by atoms with Gasteiger partial charge in [0.2, 0.25) is 20.0 Å². The maximum atomic E-state index is 14.0. The van der Waals surface area contributed by atoms with Gasteiger partial charge in [-0.1, -0.05) is 70.4 Å². The number of carbonyl (C=O) groups is 1. The molecule has 2 saturated heterocycles. The number of rotatable bonds is 12. The van der Waals surface area contributed by atoms with Crippen LogP contribution in [0.2, 0.25) is 0 Å². The van der Waals surface area contributed by atoms with E-state index in [9.17, 15) is 41.2 Å². The highest BCUT2D eigenvalue weighted by Gasteiger charge is 2.37. The zero-order chi connectivity index (χ0) is 39.7. The highest BCUT2D eigenvalue weighted by atomic mass is 32.2. The summed E-state index contributed by atoms with van der Waals surface area (Å²) in [5.74, 6) is -0.912. The second-order valence-corrected chi connectivity index (χ2v) is 20.3. The molecule has 16 nitrogen and oxygen atoms in total. The maximum Gasteiger partial charge on any atom is 0.401 e. The van der Waals surface area contributed by atoms with Crippen molar-refractivity contribution in [3.63, 3.8) is 0 Å². The third-order valence-electron chi connectivity index (χ3n) is 10.2. The van der Waals surface area contributed by atoms with E-state index in [1.54, 1.807) is 13.8 Å². The van der Waals surface area contributed by atoms with Gasteiger partial charge in [-0.3, -0.25) is 4.79 Å². The summed E-state index contributed by atoms with van der Waals surface area (Å²) in [5.41, 5.74) is 0.873. The van der Waals surface area contributed by atoms with Crippen LogP contribution >= 0.6 is 7.75 Å². The molecule has 2 heterocycles. The van der Waals surface area contributed by atoms with Gasteiger partial charge >= 0.3 is 13.7 Å². The molecule has 2 aromatic rings. The Balaban J connectivity index is 1.55. The van der Waals surface area contributed by atoms with Crippen molar-refractivity contribution in [2.24, 2.45) is 39.9 Å². The largest absolute Gasteiger partial charge is 0.424 e. The van der Waals surface area contributed by atoms with E-state index in [1.807, 2.05) is 32.8 Å². The van der Waals surface area contributed by atoms with Crippen molar-refractivity contribution in [3.8, 4) is 0 Å². The van der Waals surface area contributed by atoms with E-state index < -0.39 is 52.5 Å². The molecule has 0 bridgehead atoms. The minimum absolute atomic E-state index is 0.0601. The van der Waals surface area contributed by atoms with Crippen LogP contribution in [-0.2, 0) is 39.0 Å². The average Bonchev–Trinajstić information content (AvgIpc) is 3.09. The molecule has 2 aliphatic heterocycles. The van der Waals surface area contributed by atoms with Gasteiger partial charge < -0.3 is 24.6 Å². The van der Waals surface area contributed by atoms with Crippen LogP contribution in [0.1, 0.15) is 83.1 Å². The number of fused-ring (bicyclic) bond motifs is 2. The number of ether oxygens (including phenoxy) is 1. The summed E-state index contributed by atoms with van der Waals surface area (Å²) in [6.45, 7) is 11.9. The van der Waals surface area contributed by atoms with Crippen molar-refractivity contribution in [1.29, 1.82) is 0 Å². The molecule has 298 valence electrons. The summed E-state index contributed by atoms with van der Waals surface area (Å²) in [6.07, 6.45) is 2.18. The Morgan fingerprint density at radius 1 is 0.833 bits per heavy atom. The first-order chi connectivity index (χ1) is 25.3. The van der Waals surface area contributed by atoms with E-state index in [0.717, 1.165) is 12.8 Å². The van der Waals surface area contributed by atoms with Crippen LogP contribution < -0.4 is 5.09 Å². The number of nitrogens with one attached hydrogen (secondary N) is 1. The first-order valence-corrected chi connectivity index (χ1v) is 22.5. The van der Waals surface area contributed by atoms with Crippen molar-refractivity contribution in [3.05, 3.63) is 58.7 Å². The highest BCUT2D eigenvalue weighted by molar-refractivity contribution is 7.89. The molecule has 0 spiro atoms. The van der Waals surface area contributed by atoms with E-state index in [-0.39, 0.29) is 67.1 Å². The van der Waals surface area contributed by atoms with E-state index in [4.69, 9.17) is 9.57 Å². The summed E-state index contributed by atoms with van der Waals surface area (Å²) in [5, 5.41) is 20.2. The fourth-order valence-electron chi connectivity index (χ4n) is 7.67. The van der Waals surface area contributed by atoms with Gasteiger partial charge in [0.25, 0.3) is 6.79 Å². The minimum Gasteiger partial charge on any atom is -0.424 e. The first-order valence-electron chi connectivity index (χ1n) is 18.0. The van der Waals surface area contributed by atoms with Gasteiger partial charge in [-0.15, -0.1) is 0 Å². The van der Waals surface area contributed by atoms with E-state index in [1.165, 1.54) is 45.0 Å². The molecule has 0 aromatic heterocycles. The molecular formula is C35H50N5O11PS2. The van der Waals surface area contributed by atoms with Crippen LogP contribution in [-0.4, -0.2) is 96.8 Å². The molecule has 4 N–H and O–H groups in total. The Bertz CT molecular complexity index is 1940. The number of oxime groups is 2. The minimum atomic E-state index is -4.79. The fourth-order valence-corrected chi connectivity index (χ4v) is 11.8. The quantitative estimate of drug-likeness (QED) is 0.0510. The lowest BCUT2D eigenvalue weighted by Gasteiger charge is -2.34. The third-order valence-corrected chi connectivity index (χ3v) is 14.5. The second kappa shape index (κ2) is 16.5. The molecule has 0 radical (unpaired) electrons. The Morgan fingerprint density at radius 3 is 1.67 bits per heavy atom. The van der Waals surface area contributed by atoms with Crippen molar-refractivity contribution in [1.82, 2.24) is 13.7 Å². The zero-order valence-electron chi connectivity index (χ0n) is 31.2. The average molecular weight is 812 g/mol. The lowest BCUT2D eigenvalue weighted by atomic mass is 9.83. The van der Waals surface area contributed by atoms with Crippen molar-refractivity contribution < 1.29 is 50.8 Å². The van der Waals surface area contributed by atoms with E-state index in [2.05, 4.69) is 10.3 Å². The summed E-state index contributed by atoms with van der Waals surface area (Å²) in [7, 11) is -12.8. The van der Waals surface area contributed by atoms with Crippen LogP contribution in [0.4, 0.5) is 0 Å². The monoisotopic (exact) mass is 811 g/mol. The van der Waals surface area contributed by atoms with Crippen LogP contribution in [0.25, 0.3) is 0 Å². The van der Waals surface area contributed by atoms with Crippen LogP contribution in [0.15, 0.2) is 56.5 Å². The Hall–Kier alpha value is -3.22. The SMILES string of the molecule is CCC(C)C(NP(=O)(O)O)C(=O)OCON=C1c2ccc(S(=O)(=O)N3C[C@H](C)C[C@H](C)C3)cc2C(=NO)c2cc(S(=O)(=O)N3C[C@H](C)C[C@H](C)C3)ccc21. The van der Waals surface area contributed by atoms with Gasteiger partial charge in [-0.05, 0) is 66.7 Å². The standard InChI is InChI=1S/C35H50N5O11PS2/c1-7-25(6)32(38-52(43,44)45)35(41)50-20-51-37-34-28-10-8-26(53(46,47)39-16-21(2)12-22(3)17-39)14-30(28)33(36-42)31-15-27(9-11-29(31)34)54(48,49)40-18-23(4)13-24(5)19-40/h8-11,14-15,21-25,32,42H,7,12-13,16-20H2,1-6H3,(H3,38,43,44,45)/t21-,22+,23-,24+,25?,32?. The normalized spacial score (nSPS) is 23.9. The van der Waals surface area contributed by atoms with Crippen molar-refractivity contribution in [2.45, 2.75) is 76.6 Å². The molecule has 0 amide bonds. The third kappa shape index (κ3) is 9.07. The lowest BCUT2D eigenvalue weighted by Crippen LogP contribution is -2.42. The van der Waals surface area contributed by atoms with E-state index >= 15 is 0 Å². The number of piperidine rings is 2. The van der Waals surface area contributed by atoms with Gasteiger partial charge in [0.1, 0.15) is 17.5 Å². The smallest absolute Gasteiger partial charge is 0.401 e. The Morgan fingerprint density at radius 2 is 1.28 bits per heavy atom. The number of sulfonamides is 2. The van der Waals surface area contributed by atoms with Gasteiger partial charge in [0.05, 0.1) is 9.79 Å². The summed E-state index contributed by atoms with van der Waals surface area (Å²) in [6, 6.07) is 7.19. The number of nitrogens with zero attached hydrogens (tertiary/aromatic N) is 4. The molecule has 2 aromatic carbocycles. The fraction of sp³-hybridized carbons (Fsp3) is 0.571. The molecule has 2 unspecified atom stereocenters. The van der Waals surface area contributed by atoms with Crippen molar-refractivity contribution in [2.75, 3.05) is 33.0 Å². The molecule has 5 rings (SSSR count). The molecule has 19 heteroatoms. The van der Waals surface area contributed by atoms with Crippen molar-refractivity contribution >= 4 is 45.2 Å². The van der Waals surface area contributed by atoms with Gasteiger partial charge in [-0.2, -0.15) is 8.61 Å². The maximum absolute atomic E-state index is 14.0. The summed E-state index contributed by atoms with van der Waals surface area (Å²) >= 11 is 0. The molecule has 0 saturated carbocycles. The van der Waals surface area contributed by atoms with Gasteiger partial charge in [0, 0.05) is 48.4 Å². The Kier molecular flexibility index (Phi) is 12.8. The van der Waals surface area contributed by atoms with Crippen LogP contribution in [0.5, 0.6) is 0 Å². The molecular weight excluding hydrogens is 762 g/mol. The van der Waals surface area contributed by atoms with Crippen LogP contribution in [0.3, 0.4) is 0 Å². The Labute approximate surface area is 316 Å². The molecule has 2 fully saturated rings. The number of benzene rings is 2. The number of esters is 1. The van der Waals surface area contributed by atoms with Gasteiger partial charge in [0.15, 0.2) is 0 Å². The topological polar surface area (TPSA) is 225 Å². The van der Waals surface area contributed by atoms with Crippen LogP contribution in [0, 0.1) is 29.6 Å². The number of carbonyl (C=O) groups excluding carboxylic acids is 1. The molecule has 1 aliphatic carbocycles. The highest BCUT2D eigenvalue weighted by Crippen LogP contribution is 2.36. The number of hydrogen-bond acceptors (Lipinski definition) is 11. The predicted octanol–water partition coefficient (Wildman–Crippen LogP) is 3.93.